The molecule has 0 spiro atoms. The van der Waals surface area contributed by atoms with Gasteiger partial charge in [0.25, 0.3) is 0 Å². The third kappa shape index (κ3) is 5.48. The summed E-state index contributed by atoms with van der Waals surface area (Å²) < 4.78 is 0. The molecule has 2 heterocycles. The molecule has 0 fully saturated rings. The summed E-state index contributed by atoms with van der Waals surface area (Å²) >= 11 is 1.73. The molecule has 0 saturated carbocycles. The molecule has 0 atom stereocenters. The van der Waals surface area contributed by atoms with Crippen LogP contribution in [0.3, 0.4) is 0 Å². The van der Waals surface area contributed by atoms with Crippen LogP contribution in [0, 0.1) is 6.92 Å². The Balaban J connectivity index is 1.62. The van der Waals surface area contributed by atoms with Crippen molar-refractivity contribution in [2.24, 2.45) is 0 Å². The molecule has 0 unspecified atom stereocenters. The molecule has 1 amide bonds. The second kappa shape index (κ2) is 10.3. The first kappa shape index (κ1) is 21.9. The van der Waals surface area contributed by atoms with Crippen LogP contribution in [0.5, 0.6) is 0 Å². The van der Waals surface area contributed by atoms with Crippen LogP contribution in [-0.4, -0.2) is 15.9 Å². The first-order chi connectivity index (χ1) is 15.6. The highest BCUT2D eigenvalue weighted by Crippen LogP contribution is 2.38. The number of pyridine rings is 1. The minimum atomic E-state index is -0.0762. The zero-order valence-corrected chi connectivity index (χ0v) is 19.3. The zero-order chi connectivity index (χ0) is 22.3. The van der Waals surface area contributed by atoms with E-state index in [4.69, 9.17) is 4.98 Å². The SMILES string of the molecule is CCCCc1nc(-c2cccc(C)c2)c(-c2ccnc(NC(=O)Cc3ccccc3)c2)s1. The normalized spacial score (nSPS) is 10.8. The molecule has 0 saturated heterocycles. The number of carbonyl (C=O) groups excluding carboxylic acids is 1. The smallest absolute Gasteiger partial charge is 0.229 e. The number of unbranched alkanes of at least 4 members (excludes halogenated alkanes) is 1. The largest absolute Gasteiger partial charge is 0.310 e. The standard InChI is InChI=1S/C27H27N3OS/c1-3-4-13-25-30-26(21-12-8-9-19(2)16-21)27(32-25)22-14-15-28-23(18-22)29-24(31)17-20-10-6-5-7-11-20/h5-12,14-16,18H,3-4,13,17H2,1-2H3,(H,28,29,31). The Morgan fingerprint density at radius 2 is 1.84 bits per heavy atom. The topological polar surface area (TPSA) is 54.9 Å². The number of anilines is 1. The number of hydrogen-bond donors (Lipinski definition) is 1. The van der Waals surface area contributed by atoms with Gasteiger partial charge in [-0.2, -0.15) is 0 Å². The molecular weight excluding hydrogens is 414 g/mol. The van der Waals surface area contributed by atoms with Gasteiger partial charge >= 0.3 is 0 Å². The highest BCUT2D eigenvalue weighted by atomic mass is 32.1. The summed E-state index contributed by atoms with van der Waals surface area (Å²) in [6.45, 7) is 4.30. The van der Waals surface area contributed by atoms with E-state index in [1.807, 2.05) is 42.5 Å². The molecule has 4 rings (SSSR count). The molecule has 4 aromatic rings. The molecule has 0 aliphatic carbocycles. The van der Waals surface area contributed by atoms with Gasteiger partial charge in [-0.1, -0.05) is 67.4 Å². The highest BCUT2D eigenvalue weighted by molar-refractivity contribution is 7.15. The van der Waals surface area contributed by atoms with E-state index in [0.29, 0.717) is 12.2 Å². The molecule has 2 aromatic carbocycles. The predicted octanol–water partition coefficient (Wildman–Crippen LogP) is 6.70. The number of nitrogens with one attached hydrogen (secondary N) is 1. The predicted molar refractivity (Wildman–Crippen MR) is 133 cm³/mol. The van der Waals surface area contributed by atoms with Crippen LogP contribution < -0.4 is 5.32 Å². The van der Waals surface area contributed by atoms with Gasteiger partial charge in [-0.05, 0) is 49.1 Å². The van der Waals surface area contributed by atoms with Crippen molar-refractivity contribution in [2.75, 3.05) is 5.32 Å². The summed E-state index contributed by atoms with van der Waals surface area (Å²) in [6.07, 6.45) is 5.31. The Labute approximate surface area is 193 Å². The molecule has 1 N–H and O–H groups in total. The fourth-order valence-electron chi connectivity index (χ4n) is 3.59. The quantitative estimate of drug-likeness (QED) is 0.331. The minimum Gasteiger partial charge on any atom is -0.310 e. The first-order valence-electron chi connectivity index (χ1n) is 11.0. The second-order valence-corrected chi connectivity index (χ2v) is 8.98. The van der Waals surface area contributed by atoms with E-state index in [0.717, 1.165) is 51.5 Å². The van der Waals surface area contributed by atoms with Crippen molar-refractivity contribution in [3.63, 3.8) is 0 Å². The number of benzene rings is 2. The lowest BCUT2D eigenvalue weighted by atomic mass is 10.1. The van der Waals surface area contributed by atoms with Gasteiger partial charge < -0.3 is 5.32 Å². The average Bonchev–Trinajstić information content (AvgIpc) is 3.23. The molecule has 0 aliphatic heterocycles. The van der Waals surface area contributed by atoms with Crippen molar-refractivity contribution >= 4 is 23.1 Å². The van der Waals surface area contributed by atoms with Gasteiger partial charge in [0, 0.05) is 11.8 Å². The third-order valence-electron chi connectivity index (χ3n) is 5.20. The Morgan fingerprint density at radius 1 is 1.00 bits per heavy atom. The van der Waals surface area contributed by atoms with E-state index >= 15 is 0 Å². The third-order valence-corrected chi connectivity index (χ3v) is 6.37. The maximum Gasteiger partial charge on any atom is 0.229 e. The van der Waals surface area contributed by atoms with E-state index in [-0.39, 0.29) is 5.91 Å². The van der Waals surface area contributed by atoms with Crippen LogP contribution >= 0.6 is 11.3 Å². The number of hydrogen-bond acceptors (Lipinski definition) is 4. The number of rotatable bonds is 8. The molecule has 2 aromatic heterocycles. The van der Waals surface area contributed by atoms with Gasteiger partial charge in [0.15, 0.2) is 0 Å². The van der Waals surface area contributed by atoms with Crippen LogP contribution in [0.2, 0.25) is 0 Å². The Morgan fingerprint density at radius 3 is 2.62 bits per heavy atom. The van der Waals surface area contributed by atoms with Crippen LogP contribution in [0.25, 0.3) is 21.7 Å². The second-order valence-electron chi connectivity index (χ2n) is 7.90. The summed E-state index contributed by atoms with van der Waals surface area (Å²) in [5.74, 6) is 0.481. The molecule has 0 bridgehead atoms. The molecule has 162 valence electrons. The van der Waals surface area contributed by atoms with E-state index in [2.05, 4.69) is 48.4 Å². The molecular formula is C27H27N3OS. The Hall–Kier alpha value is -3.31. The fraction of sp³-hybridized carbons (Fsp3) is 0.222. The zero-order valence-electron chi connectivity index (χ0n) is 18.5. The van der Waals surface area contributed by atoms with Gasteiger partial charge in [-0.3, -0.25) is 4.79 Å². The summed E-state index contributed by atoms with van der Waals surface area (Å²) in [7, 11) is 0. The van der Waals surface area contributed by atoms with Gasteiger partial charge in [0.2, 0.25) is 5.91 Å². The number of aryl methyl sites for hydroxylation is 2. The lowest BCUT2D eigenvalue weighted by Gasteiger charge is -2.08. The maximum atomic E-state index is 12.5. The molecule has 32 heavy (non-hydrogen) atoms. The molecule has 5 heteroatoms. The van der Waals surface area contributed by atoms with Crippen LogP contribution in [0.1, 0.15) is 35.9 Å². The van der Waals surface area contributed by atoms with E-state index in [1.54, 1.807) is 17.5 Å². The molecule has 4 nitrogen and oxygen atoms in total. The number of carbonyl (C=O) groups is 1. The summed E-state index contributed by atoms with van der Waals surface area (Å²) in [4.78, 5) is 23.0. The average molecular weight is 442 g/mol. The van der Waals surface area contributed by atoms with Crippen molar-refractivity contribution in [3.8, 4) is 21.7 Å². The monoisotopic (exact) mass is 441 g/mol. The van der Waals surface area contributed by atoms with Crippen molar-refractivity contribution in [1.82, 2.24) is 9.97 Å². The van der Waals surface area contributed by atoms with E-state index < -0.39 is 0 Å². The summed E-state index contributed by atoms with van der Waals surface area (Å²) in [6, 6.07) is 22.1. The highest BCUT2D eigenvalue weighted by Gasteiger charge is 2.16. The first-order valence-corrected chi connectivity index (χ1v) is 11.8. The van der Waals surface area contributed by atoms with Gasteiger partial charge in [0.1, 0.15) is 5.82 Å². The van der Waals surface area contributed by atoms with Crippen LogP contribution in [0.15, 0.2) is 72.9 Å². The number of nitrogens with zero attached hydrogens (tertiary/aromatic N) is 2. The number of amides is 1. The number of thiazole rings is 1. The van der Waals surface area contributed by atoms with E-state index in [9.17, 15) is 4.79 Å². The summed E-state index contributed by atoms with van der Waals surface area (Å²) in [5, 5.41) is 4.09. The lowest BCUT2D eigenvalue weighted by Crippen LogP contribution is -2.15. The fourth-order valence-corrected chi connectivity index (χ4v) is 4.72. The van der Waals surface area contributed by atoms with Crippen molar-refractivity contribution in [2.45, 2.75) is 39.5 Å². The lowest BCUT2D eigenvalue weighted by molar-refractivity contribution is -0.115. The van der Waals surface area contributed by atoms with Gasteiger partial charge in [0.05, 0.1) is 22.0 Å². The molecule has 0 radical (unpaired) electrons. The van der Waals surface area contributed by atoms with Crippen molar-refractivity contribution in [1.29, 1.82) is 0 Å². The Kier molecular flexibility index (Phi) is 7.07. The number of aromatic nitrogens is 2. The minimum absolute atomic E-state index is 0.0762. The maximum absolute atomic E-state index is 12.5. The van der Waals surface area contributed by atoms with Crippen LogP contribution in [-0.2, 0) is 17.6 Å². The van der Waals surface area contributed by atoms with Crippen molar-refractivity contribution < 1.29 is 4.79 Å². The summed E-state index contributed by atoms with van der Waals surface area (Å²) in [5.41, 5.74) is 5.32. The van der Waals surface area contributed by atoms with Crippen LogP contribution in [0.4, 0.5) is 5.82 Å². The van der Waals surface area contributed by atoms with Gasteiger partial charge in [-0.25, -0.2) is 9.97 Å². The van der Waals surface area contributed by atoms with Crippen molar-refractivity contribution in [3.05, 3.63) is 89.1 Å². The van der Waals surface area contributed by atoms with E-state index in [1.165, 1.54) is 5.56 Å². The molecule has 0 aliphatic rings. The van der Waals surface area contributed by atoms with Gasteiger partial charge in [-0.15, -0.1) is 11.3 Å². The Bertz CT molecular complexity index is 1200.